The molecule has 4 N–H and O–H groups in total. The summed E-state index contributed by atoms with van der Waals surface area (Å²) < 4.78 is 20.2. The zero-order valence-corrected chi connectivity index (χ0v) is 19.9. The molecule has 3 aromatic heterocycles. The quantitative estimate of drug-likeness (QED) is 0.195. The van der Waals surface area contributed by atoms with Gasteiger partial charge in [0.1, 0.15) is 11.6 Å². The lowest BCUT2D eigenvalue weighted by Gasteiger charge is -2.18. The number of aromatic nitrogens is 2. The Bertz CT molecular complexity index is 1470. The molecule has 0 saturated carbocycles. The van der Waals surface area contributed by atoms with Gasteiger partial charge in [0.2, 0.25) is 0 Å². The molecular formula is C28H27FN6O. The molecule has 8 heteroatoms. The van der Waals surface area contributed by atoms with Crippen LogP contribution in [0.3, 0.4) is 0 Å². The van der Waals surface area contributed by atoms with Gasteiger partial charge in [-0.3, -0.25) is 4.98 Å². The minimum absolute atomic E-state index is 0.291. The van der Waals surface area contributed by atoms with Crippen LogP contribution in [-0.2, 0) is 19.6 Å². The first-order chi connectivity index (χ1) is 17.6. The number of hydrogen-bond acceptors (Lipinski definition) is 7. The van der Waals surface area contributed by atoms with Crippen molar-refractivity contribution in [3.63, 3.8) is 0 Å². The molecule has 0 aliphatic heterocycles. The third kappa shape index (κ3) is 5.35. The lowest BCUT2D eigenvalue weighted by Crippen LogP contribution is -2.26. The second-order valence-electron chi connectivity index (χ2n) is 8.55. The fourth-order valence-electron chi connectivity index (χ4n) is 4.03. The number of benzene rings is 2. The van der Waals surface area contributed by atoms with Crippen LogP contribution in [0.4, 0.5) is 15.9 Å². The van der Waals surface area contributed by atoms with Crippen LogP contribution in [0.1, 0.15) is 16.9 Å². The number of pyridine rings is 2. The van der Waals surface area contributed by atoms with Gasteiger partial charge in [0.25, 0.3) is 0 Å². The summed E-state index contributed by atoms with van der Waals surface area (Å²) >= 11 is 0. The Morgan fingerprint density at radius 1 is 0.972 bits per heavy atom. The van der Waals surface area contributed by atoms with Crippen molar-refractivity contribution in [2.45, 2.75) is 19.6 Å². The highest BCUT2D eigenvalue weighted by Gasteiger charge is 2.12. The molecule has 0 spiro atoms. The van der Waals surface area contributed by atoms with E-state index >= 15 is 0 Å². The van der Waals surface area contributed by atoms with Gasteiger partial charge in [-0.15, -0.1) is 0 Å². The normalized spacial score (nSPS) is 11.1. The highest BCUT2D eigenvalue weighted by Crippen LogP contribution is 2.28. The summed E-state index contributed by atoms with van der Waals surface area (Å²) in [5.74, 6) is 7.18. The predicted molar refractivity (Wildman–Crippen MR) is 141 cm³/mol. The molecule has 36 heavy (non-hydrogen) atoms. The summed E-state index contributed by atoms with van der Waals surface area (Å²) in [6, 6.07) is 22.7. The molecule has 0 unspecified atom stereocenters. The molecule has 7 nitrogen and oxygen atoms in total. The van der Waals surface area contributed by atoms with Crippen LogP contribution in [0.5, 0.6) is 0 Å². The summed E-state index contributed by atoms with van der Waals surface area (Å²) in [7, 11) is 1.76. The van der Waals surface area contributed by atoms with Crippen LogP contribution in [-0.4, -0.2) is 17.0 Å². The van der Waals surface area contributed by atoms with E-state index in [-0.39, 0.29) is 5.82 Å². The summed E-state index contributed by atoms with van der Waals surface area (Å²) in [4.78, 5) is 9.14. The lowest BCUT2D eigenvalue weighted by molar-refractivity contribution is 0.479. The molecule has 0 fully saturated rings. The first kappa shape index (κ1) is 23.5. The predicted octanol–water partition coefficient (Wildman–Crippen LogP) is 5.24. The minimum atomic E-state index is -0.291. The zero-order valence-electron chi connectivity index (χ0n) is 19.9. The molecule has 0 aliphatic rings. The first-order valence-corrected chi connectivity index (χ1v) is 11.7. The molecule has 0 aliphatic carbocycles. The number of furan rings is 1. The average molecular weight is 483 g/mol. The number of nitrogens with zero attached hydrogens (tertiary/aromatic N) is 3. The van der Waals surface area contributed by atoms with E-state index in [0.29, 0.717) is 42.3 Å². The Morgan fingerprint density at radius 2 is 1.89 bits per heavy atom. The third-order valence-electron chi connectivity index (χ3n) is 5.92. The molecule has 0 amide bonds. The molecule has 5 rings (SSSR count). The van der Waals surface area contributed by atoms with Gasteiger partial charge < -0.3 is 20.1 Å². The number of nitrogens with one attached hydrogen (secondary N) is 2. The van der Waals surface area contributed by atoms with Crippen molar-refractivity contribution < 1.29 is 8.81 Å². The van der Waals surface area contributed by atoms with E-state index < -0.39 is 0 Å². The Labute approximate surface area is 208 Å². The Hall–Kier alpha value is -4.27. The highest BCUT2D eigenvalue weighted by molar-refractivity contribution is 5.79. The fourth-order valence-corrected chi connectivity index (χ4v) is 4.03. The van der Waals surface area contributed by atoms with E-state index in [1.54, 1.807) is 25.6 Å². The van der Waals surface area contributed by atoms with E-state index in [1.165, 1.54) is 11.1 Å². The SMILES string of the molecule is CN(N)c1ccc(-c2ccc(CNCc3ccco3)c(F)c2)nc1NCc1ccc2ncccc2c1. The summed E-state index contributed by atoms with van der Waals surface area (Å²) in [5.41, 5.74) is 4.69. The summed E-state index contributed by atoms with van der Waals surface area (Å²) in [6.07, 6.45) is 3.40. The minimum Gasteiger partial charge on any atom is -0.468 e. The van der Waals surface area contributed by atoms with Crippen molar-refractivity contribution in [1.82, 2.24) is 15.3 Å². The van der Waals surface area contributed by atoms with Crippen LogP contribution in [0, 0.1) is 5.82 Å². The maximum atomic E-state index is 14.9. The van der Waals surface area contributed by atoms with Crippen molar-refractivity contribution >= 4 is 22.4 Å². The van der Waals surface area contributed by atoms with Crippen molar-refractivity contribution in [3.8, 4) is 11.3 Å². The molecule has 182 valence electrons. The number of fused-ring (bicyclic) bond motifs is 1. The van der Waals surface area contributed by atoms with E-state index in [9.17, 15) is 4.39 Å². The lowest BCUT2D eigenvalue weighted by atomic mass is 10.1. The number of hydrogen-bond donors (Lipinski definition) is 3. The zero-order chi connectivity index (χ0) is 24.9. The van der Waals surface area contributed by atoms with E-state index in [0.717, 1.165) is 27.9 Å². The second-order valence-corrected chi connectivity index (χ2v) is 8.55. The van der Waals surface area contributed by atoms with Crippen molar-refractivity contribution in [2.24, 2.45) is 5.84 Å². The van der Waals surface area contributed by atoms with Gasteiger partial charge in [-0.2, -0.15) is 0 Å². The Kier molecular flexibility index (Phi) is 6.88. The van der Waals surface area contributed by atoms with E-state index in [4.69, 9.17) is 15.2 Å². The van der Waals surface area contributed by atoms with Crippen LogP contribution in [0.25, 0.3) is 22.2 Å². The third-order valence-corrected chi connectivity index (χ3v) is 5.92. The summed E-state index contributed by atoms with van der Waals surface area (Å²) in [6.45, 7) is 1.48. The molecule has 0 bridgehead atoms. The monoisotopic (exact) mass is 482 g/mol. The molecule has 5 aromatic rings. The van der Waals surface area contributed by atoms with E-state index in [2.05, 4.69) is 21.7 Å². The summed E-state index contributed by atoms with van der Waals surface area (Å²) in [5, 5.41) is 9.17. The molecule has 2 aromatic carbocycles. The maximum absolute atomic E-state index is 14.9. The maximum Gasteiger partial charge on any atom is 0.151 e. The molecule has 0 atom stereocenters. The van der Waals surface area contributed by atoms with Gasteiger partial charge >= 0.3 is 0 Å². The number of nitrogens with two attached hydrogens (primary N) is 1. The standard InChI is InChI=1S/C28H27FN6O/c1-35(30)27-11-10-26(21-7-8-22(24(29)15-21)17-31-18-23-5-3-13-36-23)34-28(27)33-16-19-6-9-25-20(14-19)4-2-12-32-25/h2-15,31H,16-18,30H2,1H3,(H,33,34). The second kappa shape index (κ2) is 10.6. The fraction of sp³-hybridized carbons (Fsp3) is 0.143. The van der Waals surface area contributed by atoms with E-state index in [1.807, 2.05) is 54.6 Å². The van der Waals surface area contributed by atoms with Crippen LogP contribution >= 0.6 is 0 Å². The Balaban J connectivity index is 1.33. The molecular weight excluding hydrogens is 455 g/mol. The van der Waals surface area contributed by atoms with Gasteiger partial charge in [-0.05, 0) is 54.1 Å². The number of halogens is 1. The Morgan fingerprint density at radius 3 is 2.69 bits per heavy atom. The van der Waals surface area contributed by atoms with Gasteiger partial charge in [-0.1, -0.05) is 24.3 Å². The molecule has 0 saturated heterocycles. The molecule has 0 radical (unpaired) electrons. The van der Waals surface area contributed by atoms with Gasteiger partial charge in [-0.25, -0.2) is 15.2 Å². The van der Waals surface area contributed by atoms with Crippen LogP contribution in [0.2, 0.25) is 0 Å². The van der Waals surface area contributed by atoms with Gasteiger partial charge in [0.15, 0.2) is 5.82 Å². The number of rotatable bonds is 9. The first-order valence-electron chi connectivity index (χ1n) is 11.7. The number of hydrazine groups is 1. The topological polar surface area (TPSA) is 92.2 Å². The van der Waals surface area contributed by atoms with Crippen LogP contribution < -0.4 is 21.5 Å². The smallest absolute Gasteiger partial charge is 0.151 e. The largest absolute Gasteiger partial charge is 0.468 e. The molecule has 3 heterocycles. The van der Waals surface area contributed by atoms with Gasteiger partial charge in [0.05, 0.1) is 29.7 Å². The highest BCUT2D eigenvalue weighted by atomic mass is 19.1. The average Bonchev–Trinajstić information content (AvgIpc) is 3.41. The number of anilines is 2. The van der Waals surface area contributed by atoms with Crippen molar-refractivity contribution in [3.05, 3.63) is 108 Å². The van der Waals surface area contributed by atoms with Crippen molar-refractivity contribution in [2.75, 3.05) is 17.4 Å². The van der Waals surface area contributed by atoms with Crippen molar-refractivity contribution in [1.29, 1.82) is 0 Å². The van der Waals surface area contributed by atoms with Gasteiger partial charge in [0, 0.05) is 42.8 Å². The van der Waals surface area contributed by atoms with Crippen LogP contribution in [0.15, 0.2) is 89.7 Å².